The smallest absolute Gasteiger partial charge is 0.287 e. The van der Waals surface area contributed by atoms with Crippen LogP contribution in [0.4, 0.5) is 21.9 Å². The van der Waals surface area contributed by atoms with Crippen molar-refractivity contribution in [2.45, 2.75) is 18.4 Å². The highest BCUT2D eigenvalue weighted by Crippen LogP contribution is 2.38. The lowest BCUT2D eigenvalue weighted by Crippen LogP contribution is -2.50. The number of carbonyl (C=O) groups excluding carboxylic acids is 1. The second-order valence-corrected chi connectivity index (χ2v) is 8.63. The number of hydrogen-bond donors (Lipinski definition) is 0. The van der Waals surface area contributed by atoms with E-state index in [2.05, 4.69) is 0 Å². The number of rotatable bonds is 4. The molecule has 2 amide bonds. The van der Waals surface area contributed by atoms with Gasteiger partial charge in [0.2, 0.25) is 0 Å². The maximum Gasteiger partial charge on any atom is 0.343 e. The molecule has 1 heterocycles. The zero-order chi connectivity index (χ0) is 21.5. The van der Waals surface area contributed by atoms with Crippen LogP contribution in [0.3, 0.4) is 0 Å². The summed E-state index contributed by atoms with van der Waals surface area (Å²) in [6, 6.07) is 18.1. The topological polar surface area (TPSA) is 101 Å². The minimum atomic E-state index is -4.11. The number of urea groups is 1. The number of nitro groups is 1. The molecule has 0 aromatic heterocycles. The van der Waals surface area contributed by atoms with Gasteiger partial charge in [-0.1, -0.05) is 36.4 Å². The quantitative estimate of drug-likeness (QED) is 0.461. The molecule has 30 heavy (non-hydrogen) atoms. The second-order valence-electron chi connectivity index (χ2n) is 6.87. The fourth-order valence-corrected chi connectivity index (χ4v) is 5.00. The monoisotopic (exact) mass is 423 g/mol. The number of para-hydroxylation sites is 1. The molecule has 0 aliphatic carbocycles. The van der Waals surface area contributed by atoms with E-state index < -0.39 is 21.0 Å². The molecule has 8 nitrogen and oxygen atoms in total. The number of benzene rings is 3. The van der Waals surface area contributed by atoms with Gasteiger partial charge in [-0.3, -0.25) is 15.0 Å². The van der Waals surface area contributed by atoms with Gasteiger partial charge in [0.05, 0.1) is 22.8 Å². The Balaban J connectivity index is 1.85. The molecule has 0 bridgehead atoms. The molecule has 0 spiro atoms. The van der Waals surface area contributed by atoms with Gasteiger partial charge >= 0.3 is 6.03 Å². The Labute approximate surface area is 173 Å². The Morgan fingerprint density at radius 2 is 1.70 bits per heavy atom. The lowest BCUT2D eigenvalue weighted by atomic mass is 10.1. The van der Waals surface area contributed by atoms with Gasteiger partial charge in [-0.2, -0.15) is 4.31 Å². The summed E-state index contributed by atoms with van der Waals surface area (Å²) in [4.78, 5) is 25.3. The number of carbonyl (C=O) groups is 1. The molecule has 1 aliphatic rings. The normalized spacial score (nSPS) is 15.0. The van der Waals surface area contributed by atoms with Gasteiger partial charge in [0.25, 0.3) is 15.7 Å². The van der Waals surface area contributed by atoms with Crippen LogP contribution >= 0.6 is 0 Å². The third kappa shape index (κ3) is 3.29. The van der Waals surface area contributed by atoms with Crippen LogP contribution in [0.15, 0.2) is 77.7 Å². The number of nitrogens with zero attached hydrogens (tertiary/aromatic N) is 3. The SMILES string of the molecule is Cc1cccc(N2C(=O)N(Cc3cccc([N+](=O)[O-])c3)c3ccccc3S2(=O)=O)c1. The Bertz CT molecular complexity index is 1270. The zero-order valence-corrected chi connectivity index (χ0v) is 16.7. The van der Waals surface area contributed by atoms with Crippen molar-refractivity contribution >= 4 is 33.1 Å². The Hall–Kier alpha value is -3.72. The van der Waals surface area contributed by atoms with Gasteiger partial charge in [-0.15, -0.1) is 0 Å². The summed E-state index contributed by atoms with van der Waals surface area (Å²) in [5, 5.41) is 11.1. The zero-order valence-electron chi connectivity index (χ0n) is 15.9. The summed E-state index contributed by atoms with van der Waals surface area (Å²) in [5.41, 5.74) is 1.68. The van der Waals surface area contributed by atoms with Gasteiger partial charge in [0, 0.05) is 12.1 Å². The first kappa shape index (κ1) is 19.6. The molecule has 4 rings (SSSR count). The van der Waals surface area contributed by atoms with Crippen molar-refractivity contribution in [1.29, 1.82) is 0 Å². The summed E-state index contributed by atoms with van der Waals surface area (Å²) in [5.74, 6) is 0. The number of amides is 2. The minimum absolute atomic E-state index is 0.00321. The van der Waals surface area contributed by atoms with Crippen LogP contribution < -0.4 is 9.21 Å². The average Bonchev–Trinajstić information content (AvgIpc) is 2.71. The number of anilines is 2. The molecule has 152 valence electrons. The first-order chi connectivity index (χ1) is 14.3. The van der Waals surface area contributed by atoms with Crippen molar-refractivity contribution in [2.24, 2.45) is 0 Å². The van der Waals surface area contributed by atoms with Crippen molar-refractivity contribution in [3.63, 3.8) is 0 Å². The predicted octanol–water partition coefficient (Wildman–Crippen LogP) is 4.24. The molecule has 9 heteroatoms. The Kier molecular flexibility index (Phi) is 4.75. The van der Waals surface area contributed by atoms with Crippen LogP contribution in [0.1, 0.15) is 11.1 Å². The van der Waals surface area contributed by atoms with E-state index in [1.165, 1.54) is 29.2 Å². The largest absolute Gasteiger partial charge is 0.343 e. The number of non-ortho nitro benzene ring substituents is 1. The molecule has 1 aliphatic heterocycles. The number of nitro benzene ring substituents is 1. The van der Waals surface area contributed by atoms with Crippen LogP contribution in [0.25, 0.3) is 0 Å². The fraction of sp³-hybridized carbons (Fsp3) is 0.0952. The van der Waals surface area contributed by atoms with E-state index in [4.69, 9.17) is 0 Å². The van der Waals surface area contributed by atoms with Crippen molar-refractivity contribution in [1.82, 2.24) is 0 Å². The van der Waals surface area contributed by atoms with E-state index in [0.717, 1.165) is 9.87 Å². The van der Waals surface area contributed by atoms with Crippen molar-refractivity contribution < 1.29 is 18.1 Å². The Morgan fingerprint density at radius 1 is 0.967 bits per heavy atom. The van der Waals surface area contributed by atoms with E-state index in [9.17, 15) is 23.3 Å². The average molecular weight is 423 g/mol. The van der Waals surface area contributed by atoms with Gasteiger partial charge in [0.15, 0.2) is 0 Å². The second kappa shape index (κ2) is 7.27. The molecule has 0 radical (unpaired) electrons. The number of fused-ring (bicyclic) bond motifs is 1. The lowest BCUT2D eigenvalue weighted by molar-refractivity contribution is -0.384. The summed E-state index contributed by atoms with van der Waals surface area (Å²) in [6.07, 6.45) is 0. The van der Waals surface area contributed by atoms with Crippen LogP contribution in [0.2, 0.25) is 0 Å². The molecule has 3 aromatic rings. The van der Waals surface area contributed by atoms with Crippen LogP contribution in [0.5, 0.6) is 0 Å². The van der Waals surface area contributed by atoms with Crippen LogP contribution in [-0.4, -0.2) is 19.4 Å². The summed E-state index contributed by atoms with van der Waals surface area (Å²) in [6.45, 7) is 1.79. The third-order valence-electron chi connectivity index (χ3n) is 4.78. The minimum Gasteiger partial charge on any atom is -0.287 e. The highest BCUT2D eigenvalue weighted by atomic mass is 32.2. The lowest BCUT2D eigenvalue weighted by Gasteiger charge is -2.36. The molecule has 3 aromatic carbocycles. The molecule has 0 saturated heterocycles. The molecule has 0 N–H and O–H groups in total. The van der Waals surface area contributed by atoms with Gasteiger partial charge in [0.1, 0.15) is 4.90 Å². The van der Waals surface area contributed by atoms with E-state index in [0.29, 0.717) is 5.56 Å². The standard InChI is InChI=1S/C21H17N3O5S/c1-15-6-4-8-17(12-15)23-21(25)22(14-16-7-5-9-18(13-16)24(26)27)19-10-2-3-11-20(19)30(23,28)29/h2-13H,14H2,1H3. The van der Waals surface area contributed by atoms with Crippen molar-refractivity contribution in [3.8, 4) is 0 Å². The first-order valence-electron chi connectivity index (χ1n) is 9.05. The van der Waals surface area contributed by atoms with Gasteiger partial charge in [-0.25, -0.2) is 13.2 Å². The highest BCUT2D eigenvalue weighted by molar-refractivity contribution is 7.94. The first-order valence-corrected chi connectivity index (χ1v) is 10.5. The number of hydrogen-bond acceptors (Lipinski definition) is 5. The molecule has 0 saturated carbocycles. The molecule has 0 atom stereocenters. The maximum atomic E-state index is 13.4. The summed E-state index contributed by atoms with van der Waals surface area (Å²) >= 11 is 0. The Morgan fingerprint density at radius 3 is 2.43 bits per heavy atom. The van der Waals surface area contributed by atoms with E-state index in [1.54, 1.807) is 55.5 Å². The maximum absolute atomic E-state index is 13.4. The third-order valence-corrected chi connectivity index (χ3v) is 6.53. The van der Waals surface area contributed by atoms with Crippen LogP contribution in [0, 0.1) is 17.0 Å². The van der Waals surface area contributed by atoms with E-state index >= 15 is 0 Å². The number of sulfonamides is 1. The molecular formula is C21H17N3O5S. The van der Waals surface area contributed by atoms with Crippen molar-refractivity contribution in [3.05, 3.63) is 94.0 Å². The summed E-state index contributed by atoms with van der Waals surface area (Å²) in [7, 11) is -4.11. The van der Waals surface area contributed by atoms with Crippen molar-refractivity contribution in [2.75, 3.05) is 9.21 Å². The van der Waals surface area contributed by atoms with Gasteiger partial charge in [-0.05, 0) is 42.3 Å². The molecule has 0 unspecified atom stereocenters. The fourth-order valence-electron chi connectivity index (χ4n) is 3.42. The number of aryl methyl sites for hydroxylation is 1. The van der Waals surface area contributed by atoms with E-state index in [1.807, 2.05) is 0 Å². The summed E-state index contributed by atoms with van der Waals surface area (Å²) < 4.78 is 27.3. The highest BCUT2D eigenvalue weighted by Gasteiger charge is 2.42. The predicted molar refractivity (Wildman–Crippen MR) is 112 cm³/mol. The van der Waals surface area contributed by atoms with Gasteiger partial charge < -0.3 is 0 Å². The molecular weight excluding hydrogens is 406 g/mol. The molecule has 0 fully saturated rings. The van der Waals surface area contributed by atoms with E-state index in [-0.39, 0.29) is 28.5 Å². The van der Waals surface area contributed by atoms with Crippen LogP contribution in [-0.2, 0) is 16.6 Å².